The molecule has 1 aromatic carbocycles. The summed E-state index contributed by atoms with van der Waals surface area (Å²) in [5.74, 6) is 6.55. The van der Waals surface area contributed by atoms with Gasteiger partial charge < -0.3 is 10.4 Å². The van der Waals surface area contributed by atoms with Gasteiger partial charge in [0.15, 0.2) is 0 Å². The first-order valence-electron chi connectivity index (χ1n) is 7.63. The second kappa shape index (κ2) is 7.28. The number of carbonyl (C=O) groups excluding carboxylic acids is 1. The monoisotopic (exact) mass is 285 g/mol. The molecule has 3 heteroatoms. The Hall–Kier alpha value is -1.79. The number of hydrogen-bond donors (Lipinski definition) is 2. The van der Waals surface area contributed by atoms with Gasteiger partial charge in [0.05, 0.1) is 6.61 Å². The van der Waals surface area contributed by atoms with Gasteiger partial charge in [-0.15, -0.1) is 0 Å². The van der Waals surface area contributed by atoms with Gasteiger partial charge in [-0.3, -0.25) is 4.79 Å². The molecule has 2 rings (SSSR count). The predicted octanol–water partition coefficient (Wildman–Crippen LogP) is 2.65. The maximum absolute atomic E-state index is 12.2. The molecule has 0 spiro atoms. The number of benzene rings is 1. The van der Waals surface area contributed by atoms with E-state index in [4.69, 9.17) is 5.11 Å². The van der Waals surface area contributed by atoms with Crippen LogP contribution in [0.2, 0.25) is 0 Å². The van der Waals surface area contributed by atoms with Crippen LogP contribution in [-0.2, 0) is 0 Å². The Labute approximate surface area is 126 Å². The number of amides is 1. The second-order valence-electron chi connectivity index (χ2n) is 5.76. The third-order valence-electron chi connectivity index (χ3n) is 4.16. The Balaban J connectivity index is 2.01. The molecule has 0 saturated heterocycles. The number of rotatable bonds is 4. The zero-order valence-corrected chi connectivity index (χ0v) is 12.8. The summed E-state index contributed by atoms with van der Waals surface area (Å²) in [5, 5.41) is 11.8. The summed E-state index contributed by atoms with van der Waals surface area (Å²) >= 11 is 0. The van der Waals surface area contributed by atoms with Crippen LogP contribution < -0.4 is 5.32 Å². The Morgan fingerprint density at radius 3 is 2.81 bits per heavy atom. The Morgan fingerprint density at radius 2 is 2.24 bits per heavy atom. The summed E-state index contributed by atoms with van der Waals surface area (Å²) < 4.78 is 0. The average molecular weight is 285 g/mol. The Morgan fingerprint density at radius 1 is 1.48 bits per heavy atom. The molecule has 3 nitrogen and oxygen atoms in total. The third-order valence-corrected chi connectivity index (χ3v) is 4.16. The van der Waals surface area contributed by atoms with Crippen molar-refractivity contribution in [1.82, 2.24) is 5.32 Å². The summed E-state index contributed by atoms with van der Waals surface area (Å²) in [6.07, 6.45) is 4.20. The second-order valence-corrected chi connectivity index (χ2v) is 5.76. The standard InChI is InChI=1S/C18H23NO2/c1-13-12-17(10-9-15(13)6-3-4-11-20)18(21)19-14(2)16-7-5-8-16/h9-10,12,14,16,20H,4-5,7-8,11H2,1-2H3,(H,19,21). The molecular weight excluding hydrogens is 262 g/mol. The first-order chi connectivity index (χ1) is 10.1. The lowest BCUT2D eigenvalue weighted by Crippen LogP contribution is -2.40. The highest BCUT2D eigenvalue weighted by Crippen LogP contribution is 2.29. The van der Waals surface area contributed by atoms with E-state index in [2.05, 4.69) is 24.1 Å². The van der Waals surface area contributed by atoms with Crippen molar-refractivity contribution in [3.05, 3.63) is 34.9 Å². The summed E-state index contributed by atoms with van der Waals surface area (Å²) in [7, 11) is 0. The molecule has 0 heterocycles. The average Bonchev–Trinajstić information content (AvgIpc) is 2.38. The van der Waals surface area contributed by atoms with Gasteiger partial charge in [-0.05, 0) is 56.4 Å². The molecule has 1 aliphatic rings. The van der Waals surface area contributed by atoms with Gasteiger partial charge >= 0.3 is 0 Å². The van der Waals surface area contributed by atoms with E-state index < -0.39 is 0 Å². The minimum absolute atomic E-state index is 0.00707. The molecule has 1 amide bonds. The van der Waals surface area contributed by atoms with Crippen molar-refractivity contribution in [3.63, 3.8) is 0 Å². The van der Waals surface area contributed by atoms with Crippen molar-refractivity contribution in [3.8, 4) is 11.8 Å². The molecule has 0 radical (unpaired) electrons. The van der Waals surface area contributed by atoms with Crippen LogP contribution in [0.3, 0.4) is 0 Å². The van der Waals surface area contributed by atoms with E-state index in [1.54, 1.807) is 0 Å². The lowest BCUT2D eigenvalue weighted by atomic mass is 9.80. The lowest BCUT2D eigenvalue weighted by molar-refractivity contribution is 0.0909. The normalized spacial score (nSPS) is 15.6. The van der Waals surface area contributed by atoms with Crippen LogP contribution in [-0.4, -0.2) is 23.7 Å². The zero-order valence-electron chi connectivity index (χ0n) is 12.8. The first-order valence-corrected chi connectivity index (χ1v) is 7.63. The fourth-order valence-corrected chi connectivity index (χ4v) is 2.51. The Kier molecular flexibility index (Phi) is 5.41. The smallest absolute Gasteiger partial charge is 0.251 e. The number of hydrogen-bond acceptors (Lipinski definition) is 2. The molecule has 21 heavy (non-hydrogen) atoms. The van der Waals surface area contributed by atoms with Crippen LogP contribution in [0.15, 0.2) is 18.2 Å². The minimum Gasteiger partial charge on any atom is -0.395 e. The Bertz CT molecular complexity index is 564. The van der Waals surface area contributed by atoms with E-state index in [9.17, 15) is 4.79 Å². The highest BCUT2D eigenvalue weighted by molar-refractivity contribution is 5.94. The van der Waals surface area contributed by atoms with E-state index in [1.165, 1.54) is 19.3 Å². The van der Waals surface area contributed by atoms with Crippen LogP contribution in [0.4, 0.5) is 0 Å². The van der Waals surface area contributed by atoms with Crippen LogP contribution in [0.1, 0.15) is 54.1 Å². The number of aliphatic hydroxyl groups is 1. The number of aryl methyl sites for hydroxylation is 1. The topological polar surface area (TPSA) is 49.3 Å². The number of aliphatic hydroxyl groups excluding tert-OH is 1. The number of nitrogens with one attached hydrogen (secondary N) is 1. The quantitative estimate of drug-likeness (QED) is 0.836. The molecular formula is C18H23NO2. The minimum atomic E-state index is -0.00707. The SMILES string of the molecule is Cc1cc(C(=O)NC(C)C2CCC2)ccc1C#CCCO. The van der Waals surface area contributed by atoms with E-state index in [0.717, 1.165) is 11.1 Å². The number of carbonyl (C=O) groups is 1. The molecule has 112 valence electrons. The van der Waals surface area contributed by atoms with Gasteiger partial charge in [-0.1, -0.05) is 18.3 Å². The largest absolute Gasteiger partial charge is 0.395 e. The zero-order chi connectivity index (χ0) is 15.2. The summed E-state index contributed by atoms with van der Waals surface area (Å²) in [6, 6.07) is 5.82. The summed E-state index contributed by atoms with van der Waals surface area (Å²) in [5.41, 5.74) is 2.59. The van der Waals surface area contributed by atoms with Gasteiger partial charge in [-0.25, -0.2) is 0 Å². The van der Waals surface area contributed by atoms with Crippen molar-refractivity contribution in [1.29, 1.82) is 0 Å². The summed E-state index contributed by atoms with van der Waals surface area (Å²) in [4.78, 5) is 12.2. The maximum Gasteiger partial charge on any atom is 0.251 e. The van der Waals surface area contributed by atoms with Crippen molar-refractivity contribution < 1.29 is 9.90 Å². The van der Waals surface area contributed by atoms with Gasteiger partial charge in [0.1, 0.15) is 0 Å². The van der Waals surface area contributed by atoms with E-state index in [1.807, 2.05) is 25.1 Å². The van der Waals surface area contributed by atoms with Crippen LogP contribution in [0.25, 0.3) is 0 Å². The molecule has 0 aliphatic heterocycles. The van der Waals surface area contributed by atoms with Crippen LogP contribution in [0.5, 0.6) is 0 Å². The fourth-order valence-electron chi connectivity index (χ4n) is 2.51. The predicted molar refractivity (Wildman–Crippen MR) is 84.0 cm³/mol. The third kappa shape index (κ3) is 4.09. The first kappa shape index (κ1) is 15.6. The molecule has 1 atom stereocenters. The van der Waals surface area contributed by atoms with Crippen LogP contribution >= 0.6 is 0 Å². The molecule has 0 bridgehead atoms. The van der Waals surface area contributed by atoms with E-state index >= 15 is 0 Å². The fraction of sp³-hybridized carbons (Fsp3) is 0.500. The molecule has 0 aromatic heterocycles. The summed E-state index contributed by atoms with van der Waals surface area (Å²) in [6.45, 7) is 4.12. The van der Waals surface area contributed by atoms with Crippen molar-refractivity contribution in [2.24, 2.45) is 5.92 Å². The highest BCUT2D eigenvalue weighted by atomic mass is 16.2. The molecule has 2 N–H and O–H groups in total. The van der Waals surface area contributed by atoms with E-state index in [0.29, 0.717) is 17.9 Å². The molecule has 1 aromatic rings. The maximum atomic E-state index is 12.2. The van der Waals surface area contributed by atoms with Crippen LogP contribution in [0, 0.1) is 24.7 Å². The van der Waals surface area contributed by atoms with Crippen molar-refractivity contribution in [2.75, 3.05) is 6.61 Å². The molecule has 1 aliphatic carbocycles. The lowest BCUT2D eigenvalue weighted by Gasteiger charge is -2.31. The van der Waals surface area contributed by atoms with Gasteiger partial charge in [0.25, 0.3) is 5.91 Å². The van der Waals surface area contributed by atoms with Crippen molar-refractivity contribution >= 4 is 5.91 Å². The van der Waals surface area contributed by atoms with Gasteiger partial charge in [0, 0.05) is 23.6 Å². The molecule has 1 saturated carbocycles. The van der Waals surface area contributed by atoms with Crippen molar-refractivity contribution in [2.45, 2.75) is 45.6 Å². The van der Waals surface area contributed by atoms with Gasteiger partial charge in [-0.2, -0.15) is 0 Å². The molecule has 1 fully saturated rings. The highest BCUT2D eigenvalue weighted by Gasteiger charge is 2.25. The van der Waals surface area contributed by atoms with E-state index in [-0.39, 0.29) is 18.6 Å². The van der Waals surface area contributed by atoms with Gasteiger partial charge in [0.2, 0.25) is 0 Å². The molecule has 1 unspecified atom stereocenters.